The second-order valence-corrected chi connectivity index (χ2v) is 4.94. The van der Waals surface area contributed by atoms with Crippen molar-refractivity contribution in [1.29, 1.82) is 0 Å². The van der Waals surface area contributed by atoms with Crippen molar-refractivity contribution in [3.05, 3.63) is 45.8 Å². The number of rotatable bonds is 5. The first-order chi connectivity index (χ1) is 10.0. The summed E-state index contributed by atoms with van der Waals surface area (Å²) >= 11 is 11.5. The van der Waals surface area contributed by atoms with Crippen LogP contribution in [0.3, 0.4) is 0 Å². The Morgan fingerprint density at radius 3 is 2.81 bits per heavy atom. The molecule has 112 valence electrons. The van der Waals surface area contributed by atoms with E-state index in [1.165, 1.54) is 25.4 Å². The third-order valence-corrected chi connectivity index (χ3v) is 3.28. The van der Waals surface area contributed by atoms with E-state index in [0.717, 1.165) is 0 Å². The molecule has 1 unspecified atom stereocenters. The second-order valence-electron chi connectivity index (χ2n) is 4.12. The average molecular weight is 332 g/mol. The first-order valence-corrected chi connectivity index (χ1v) is 6.70. The molecule has 1 heterocycles. The molecule has 1 aromatic heterocycles. The number of halogens is 3. The van der Waals surface area contributed by atoms with E-state index in [2.05, 4.69) is 15.3 Å². The number of benzene rings is 1. The number of aromatic nitrogens is 2. The van der Waals surface area contributed by atoms with Crippen LogP contribution < -0.4 is 10.1 Å². The predicted molar refractivity (Wildman–Crippen MR) is 78.5 cm³/mol. The largest absolute Gasteiger partial charge is 0.467 e. The van der Waals surface area contributed by atoms with E-state index in [-0.39, 0.29) is 22.6 Å². The zero-order valence-corrected chi connectivity index (χ0v) is 12.5. The Kier molecular flexibility index (Phi) is 5.17. The van der Waals surface area contributed by atoms with Gasteiger partial charge in [0.1, 0.15) is 10.8 Å². The molecule has 0 aliphatic heterocycles. The number of aliphatic hydroxyl groups excluding tert-OH is 1. The number of nitrogens with zero attached hydrogens (tertiary/aromatic N) is 2. The van der Waals surface area contributed by atoms with E-state index in [1.54, 1.807) is 6.07 Å². The van der Waals surface area contributed by atoms with Gasteiger partial charge in [0.2, 0.25) is 0 Å². The number of hydrogen-bond acceptors (Lipinski definition) is 5. The van der Waals surface area contributed by atoms with Crippen molar-refractivity contribution in [3.8, 4) is 6.01 Å². The number of ether oxygens (including phenoxy) is 1. The van der Waals surface area contributed by atoms with E-state index >= 15 is 0 Å². The van der Waals surface area contributed by atoms with E-state index in [0.29, 0.717) is 11.4 Å². The Labute approximate surface area is 130 Å². The molecule has 0 saturated carbocycles. The van der Waals surface area contributed by atoms with Crippen molar-refractivity contribution in [1.82, 2.24) is 9.97 Å². The zero-order chi connectivity index (χ0) is 15.4. The molecule has 0 fully saturated rings. The minimum absolute atomic E-state index is 0.00231. The molecule has 2 rings (SSSR count). The van der Waals surface area contributed by atoms with E-state index in [4.69, 9.17) is 27.9 Å². The van der Waals surface area contributed by atoms with Crippen molar-refractivity contribution >= 4 is 29.0 Å². The summed E-state index contributed by atoms with van der Waals surface area (Å²) < 4.78 is 18.2. The standard InChI is InChI=1S/C13H12Cl2FN3O2/c1-21-13-18-5-9(15)12(19-13)17-6-11(20)7-2-3-8(14)10(16)4-7/h2-5,11,20H,6H2,1H3,(H,17,18,19). The number of hydrogen-bond donors (Lipinski definition) is 2. The highest BCUT2D eigenvalue weighted by molar-refractivity contribution is 6.32. The lowest BCUT2D eigenvalue weighted by atomic mass is 10.1. The van der Waals surface area contributed by atoms with Gasteiger partial charge in [-0.15, -0.1) is 0 Å². The molecule has 5 nitrogen and oxygen atoms in total. The number of methoxy groups -OCH3 is 1. The quantitative estimate of drug-likeness (QED) is 0.881. The summed E-state index contributed by atoms with van der Waals surface area (Å²) in [7, 11) is 1.43. The smallest absolute Gasteiger partial charge is 0.318 e. The molecule has 1 aromatic carbocycles. The van der Waals surface area contributed by atoms with Crippen LogP contribution in [0.5, 0.6) is 6.01 Å². The molecule has 0 aliphatic carbocycles. The normalized spacial score (nSPS) is 12.0. The highest BCUT2D eigenvalue weighted by Gasteiger charge is 2.12. The zero-order valence-electron chi connectivity index (χ0n) is 11.0. The van der Waals surface area contributed by atoms with E-state index < -0.39 is 11.9 Å². The molecule has 0 aliphatic rings. The van der Waals surface area contributed by atoms with Crippen LogP contribution in [-0.2, 0) is 0 Å². The lowest BCUT2D eigenvalue weighted by molar-refractivity contribution is 0.191. The lowest BCUT2D eigenvalue weighted by Crippen LogP contribution is -2.14. The molecule has 2 aromatic rings. The van der Waals surface area contributed by atoms with Crippen molar-refractivity contribution in [2.24, 2.45) is 0 Å². The number of nitrogens with one attached hydrogen (secondary N) is 1. The lowest BCUT2D eigenvalue weighted by Gasteiger charge is -2.14. The van der Waals surface area contributed by atoms with Gasteiger partial charge in [0.15, 0.2) is 5.82 Å². The summed E-state index contributed by atoms with van der Waals surface area (Å²) in [6.07, 6.45) is 0.429. The van der Waals surface area contributed by atoms with Crippen LogP contribution in [-0.4, -0.2) is 28.7 Å². The van der Waals surface area contributed by atoms with Crippen LogP contribution in [0.1, 0.15) is 11.7 Å². The summed E-state index contributed by atoms with van der Waals surface area (Å²) in [6, 6.07) is 4.25. The molecule has 2 N–H and O–H groups in total. The summed E-state index contributed by atoms with van der Waals surface area (Å²) in [5.74, 6) is -0.271. The molecule has 0 radical (unpaired) electrons. The number of aliphatic hydroxyl groups is 1. The average Bonchev–Trinajstić information content (AvgIpc) is 2.49. The molecule has 1 atom stereocenters. The highest BCUT2D eigenvalue weighted by atomic mass is 35.5. The molecule has 8 heteroatoms. The fourth-order valence-corrected chi connectivity index (χ4v) is 1.88. The third-order valence-electron chi connectivity index (χ3n) is 2.70. The van der Waals surface area contributed by atoms with Gasteiger partial charge < -0.3 is 15.2 Å². The van der Waals surface area contributed by atoms with Crippen molar-refractivity contribution in [2.75, 3.05) is 19.0 Å². The van der Waals surface area contributed by atoms with Gasteiger partial charge in [0.25, 0.3) is 0 Å². The Morgan fingerprint density at radius 1 is 1.38 bits per heavy atom. The minimum atomic E-state index is -0.950. The van der Waals surface area contributed by atoms with E-state index in [9.17, 15) is 9.50 Å². The van der Waals surface area contributed by atoms with Crippen molar-refractivity contribution in [3.63, 3.8) is 0 Å². The Hall–Kier alpha value is -1.63. The van der Waals surface area contributed by atoms with Gasteiger partial charge in [0.05, 0.1) is 24.4 Å². The van der Waals surface area contributed by atoms with Crippen LogP contribution in [0.25, 0.3) is 0 Å². The maximum absolute atomic E-state index is 13.3. The molecule has 0 saturated heterocycles. The van der Waals surface area contributed by atoms with Crippen LogP contribution in [0, 0.1) is 5.82 Å². The van der Waals surface area contributed by atoms with Crippen LogP contribution >= 0.6 is 23.2 Å². The molecule has 0 amide bonds. The van der Waals surface area contributed by atoms with Gasteiger partial charge >= 0.3 is 6.01 Å². The van der Waals surface area contributed by atoms with Crippen LogP contribution in [0.15, 0.2) is 24.4 Å². The number of anilines is 1. The van der Waals surface area contributed by atoms with Crippen molar-refractivity contribution in [2.45, 2.75) is 6.10 Å². The Morgan fingerprint density at radius 2 is 2.14 bits per heavy atom. The fraction of sp³-hybridized carbons (Fsp3) is 0.231. The molecular formula is C13H12Cl2FN3O2. The van der Waals surface area contributed by atoms with E-state index in [1.807, 2.05) is 0 Å². The monoisotopic (exact) mass is 331 g/mol. The van der Waals surface area contributed by atoms with Gasteiger partial charge in [-0.25, -0.2) is 9.37 Å². The maximum atomic E-state index is 13.3. The molecule has 21 heavy (non-hydrogen) atoms. The molecule has 0 spiro atoms. The van der Waals surface area contributed by atoms with Gasteiger partial charge in [-0.3, -0.25) is 0 Å². The SMILES string of the molecule is COc1ncc(Cl)c(NCC(O)c2ccc(Cl)c(F)c2)n1. The van der Waals surface area contributed by atoms with Crippen LogP contribution in [0.2, 0.25) is 10.0 Å². The van der Waals surface area contributed by atoms with Gasteiger partial charge in [-0.05, 0) is 17.7 Å². The van der Waals surface area contributed by atoms with Crippen molar-refractivity contribution < 1.29 is 14.2 Å². The summed E-state index contributed by atoms with van der Waals surface area (Å²) in [5.41, 5.74) is 0.390. The van der Waals surface area contributed by atoms with Crippen LogP contribution in [0.4, 0.5) is 10.2 Å². The predicted octanol–water partition coefficient (Wildman–Crippen LogP) is 3.08. The topological polar surface area (TPSA) is 67.3 Å². The first kappa shape index (κ1) is 15.8. The molecular weight excluding hydrogens is 320 g/mol. The minimum Gasteiger partial charge on any atom is -0.467 e. The highest BCUT2D eigenvalue weighted by Crippen LogP contribution is 2.23. The third kappa shape index (κ3) is 3.93. The van der Waals surface area contributed by atoms with Gasteiger partial charge in [0, 0.05) is 6.54 Å². The second kappa shape index (κ2) is 6.89. The summed E-state index contributed by atoms with van der Waals surface area (Å²) in [6.45, 7) is 0.0843. The Bertz CT molecular complexity index is 643. The molecule has 0 bridgehead atoms. The summed E-state index contributed by atoms with van der Waals surface area (Å²) in [5, 5.41) is 13.2. The first-order valence-electron chi connectivity index (χ1n) is 5.94. The maximum Gasteiger partial charge on any atom is 0.318 e. The fourth-order valence-electron chi connectivity index (χ4n) is 1.60. The van der Waals surface area contributed by atoms with Gasteiger partial charge in [-0.2, -0.15) is 4.98 Å². The summed E-state index contributed by atoms with van der Waals surface area (Å²) in [4.78, 5) is 7.84. The Balaban J connectivity index is 2.06. The van der Waals surface area contributed by atoms with Gasteiger partial charge in [-0.1, -0.05) is 29.3 Å².